The van der Waals surface area contributed by atoms with Gasteiger partial charge in [-0.3, -0.25) is 9.59 Å². The largest absolute Gasteiger partial charge is 0.377 e. The van der Waals surface area contributed by atoms with E-state index in [9.17, 15) is 9.59 Å². The maximum atomic E-state index is 12.0. The second-order valence-electron chi connectivity index (χ2n) is 7.62. The van der Waals surface area contributed by atoms with E-state index in [2.05, 4.69) is 22.8 Å². The van der Waals surface area contributed by atoms with Crippen molar-refractivity contribution < 1.29 is 0 Å². The molecule has 2 saturated carbocycles. The van der Waals surface area contributed by atoms with E-state index in [4.69, 9.17) is 0 Å². The van der Waals surface area contributed by atoms with Crippen LogP contribution in [0.1, 0.15) is 69.3 Å². The molecule has 4 nitrogen and oxygen atoms in total. The molecule has 0 amide bonds. The number of benzene rings is 1. The quantitative estimate of drug-likeness (QED) is 0.792. The van der Waals surface area contributed by atoms with Crippen LogP contribution in [0, 0.1) is 0 Å². The van der Waals surface area contributed by atoms with Gasteiger partial charge in [0, 0.05) is 11.7 Å². The number of rotatable bonds is 5. The summed E-state index contributed by atoms with van der Waals surface area (Å²) in [4.78, 5) is 24.0. The molecule has 2 aromatic carbocycles. The fourth-order valence-electron chi connectivity index (χ4n) is 4.37. The molecular weight excluding hydrogens is 312 g/mol. The van der Waals surface area contributed by atoms with E-state index in [1.165, 1.54) is 50.5 Å². The maximum Gasteiger partial charge on any atom is 0.253 e. The summed E-state index contributed by atoms with van der Waals surface area (Å²) in [6, 6.07) is 8.68. The average molecular weight is 338 g/mol. The highest BCUT2D eigenvalue weighted by molar-refractivity contribution is 5.79. The molecule has 0 aromatic heterocycles. The van der Waals surface area contributed by atoms with Crippen molar-refractivity contribution in [3.63, 3.8) is 0 Å². The van der Waals surface area contributed by atoms with Crippen molar-refractivity contribution in [3.05, 3.63) is 50.3 Å². The van der Waals surface area contributed by atoms with Crippen LogP contribution < -0.4 is 21.5 Å². The van der Waals surface area contributed by atoms with Crippen molar-refractivity contribution in [2.75, 3.05) is 10.6 Å². The Hall–Kier alpha value is -2.10. The van der Waals surface area contributed by atoms with Gasteiger partial charge < -0.3 is 10.6 Å². The highest BCUT2D eigenvalue weighted by Gasteiger charge is 2.25. The van der Waals surface area contributed by atoms with Crippen molar-refractivity contribution in [1.82, 2.24) is 0 Å². The lowest BCUT2D eigenvalue weighted by atomic mass is 9.84. The van der Waals surface area contributed by atoms with E-state index in [1.54, 1.807) is 0 Å². The summed E-state index contributed by atoms with van der Waals surface area (Å²) in [5.74, 6) is 0.624. The van der Waals surface area contributed by atoms with Crippen LogP contribution in [0.3, 0.4) is 0 Å². The maximum absolute atomic E-state index is 12.0. The molecule has 2 aliphatic rings. The van der Waals surface area contributed by atoms with Gasteiger partial charge in [0.25, 0.3) is 10.9 Å². The van der Waals surface area contributed by atoms with Gasteiger partial charge in [-0.05, 0) is 49.3 Å². The fraction of sp³-hybridized carbons (Fsp3) is 0.524. The number of hydrogen-bond donors (Lipinski definition) is 2. The molecule has 0 bridgehead atoms. The fourth-order valence-corrected chi connectivity index (χ4v) is 4.37. The molecule has 0 aliphatic heterocycles. The summed E-state index contributed by atoms with van der Waals surface area (Å²) < 4.78 is 0. The standard InChI is InChI=1S/C21H26N2O2/c24-20-18(22-16-10-4-5-11-16)19(21(20)25)23-17-12-6-9-15(13-17)14-7-2-1-3-8-14/h6,9,12-14,16,22-23H,1-5,7-8,10-11H2. The Bertz CT molecular complexity index is 808. The van der Waals surface area contributed by atoms with Crippen LogP contribution in [-0.4, -0.2) is 6.04 Å². The lowest BCUT2D eigenvalue weighted by Gasteiger charge is -2.23. The first kappa shape index (κ1) is 16.4. The molecule has 0 atom stereocenters. The molecule has 2 aromatic rings. The van der Waals surface area contributed by atoms with Gasteiger partial charge in [0.15, 0.2) is 0 Å². The third-order valence-electron chi connectivity index (χ3n) is 5.85. The third-order valence-corrected chi connectivity index (χ3v) is 5.85. The molecule has 2 aliphatic carbocycles. The van der Waals surface area contributed by atoms with Crippen molar-refractivity contribution in [2.24, 2.45) is 0 Å². The lowest BCUT2D eigenvalue weighted by Crippen LogP contribution is -2.38. The Labute approximate surface area is 148 Å². The molecule has 25 heavy (non-hydrogen) atoms. The molecule has 2 N–H and O–H groups in total. The highest BCUT2D eigenvalue weighted by Crippen LogP contribution is 2.34. The topological polar surface area (TPSA) is 58.2 Å². The Morgan fingerprint density at radius 2 is 1.48 bits per heavy atom. The van der Waals surface area contributed by atoms with E-state index in [0.717, 1.165) is 18.5 Å². The van der Waals surface area contributed by atoms with Gasteiger partial charge in [-0.15, -0.1) is 0 Å². The van der Waals surface area contributed by atoms with Gasteiger partial charge in [-0.2, -0.15) is 0 Å². The summed E-state index contributed by atoms with van der Waals surface area (Å²) in [5.41, 5.74) is 2.40. The molecule has 2 fully saturated rings. The number of anilines is 3. The molecule has 0 spiro atoms. The monoisotopic (exact) mass is 338 g/mol. The van der Waals surface area contributed by atoms with Gasteiger partial charge in [-0.25, -0.2) is 0 Å². The van der Waals surface area contributed by atoms with E-state index in [1.807, 2.05) is 12.1 Å². The average Bonchev–Trinajstić information content (AvgIpc) is 3.18. The van der Waals surface area contributed by atoms with Crippen molar-refractivity contribution >= 4 is 17.1 Å². The predicted octanol–water partition coefficient (Wildman–Crippen LogP) is 4.43. The number of nitrogens with one attached hydrogen (secondary N) is 2. The summed E-state index contributed by atoms with van der Waals surface area (Å²) in [7, 11) is 0. The van der Waals surface area contributed by atoms with Crippen LogP contribution in [0.25, 0.3) is 0 Å². The Morgan fingerprint density at radius 3 is 2.24 bits per heavy atom. The zero-order valence-corrected chi connectivity index (χ0v) is 14.6. The van der Waals surface area contributed by atoms with Gasteiger partial charge in [0.2, 0.25) is 0 Å². The SMILES string of the molecule is O=c1c(Nc2cccc(C3CCCCC3)c2)c(NC2CCCC2)c1=O. The van der Waals surface area contributed by atoms with E-state index in [-0.39, 0.29) is 5.43 Å². The van der Waals surface area contributed by atoms with Gasteiger partial charge in [-0.1, -0.05) is 44.2 Å². The minimum Gasteiger partial charge on any atom is -0.377 e. The van der Waals surface area contributed by atoms with Crippen LogP contribution in [0.5, 0.6) is 0 Å². The predicted molar refractivity (Wildman–Crippen MR) is 103 cm³/mol. The molecule has 0 unspecified atom stereocenters. The Balaban J connectivity index is 1.51. The van der Waals surface area contributed by atoms with Gasteiger partial charge in [0.05, 0.1) is 0 Å². The minimum atomic E-state index is -0.399. The zero-order chi connectivity index (χ0) is 17.2. The summed E-state index contributed by atoms with van der Waals surface area (Å²) in [6.07, 6.45) is 11.0. The van der Waals surface area contributed by atoms with Crippen molar-refractivity contribution in [2.45, 2.75) is 69.7 Å². The van der Waals surface area contributed by atoms with Crippen LogP contribution in [0.4, 0.5) is 17.1 Å². The summed E-state index contributed by atoms with van der Waals surface area (Å²) in [6.45, 7) is 0. The van der Waals surface area contributed by atoms with E-state index >= 15 is 0 Å². The van der Waals surface area contributed by atoms with Crippen molar-refractivity contribution in [1.29, 1.82) is 0 Å². The molecule has 4 rings (SSSR count). The first-order chi connectivity index (χ1) is 12.2. The molecular formula is C21H26N2O2. The van der Waals surface area contributed by atoms with E-state index < -0.39 is 5.43 Å². The Morgan fingerprint density at radius 1 is 0.800 bits per heavy atom. The molecule has 0 radical (unpaired) electrons. The first-order valence-electron chi connectivity index (χ1n) is 9.69. The van der Waals surface area contributed by atoms with Gasteiger partial charge in [0.1, 0.15) is 11.4 Å². The first-order valence-corrected chi connectivity index (χ1v) is 9.69. The van der Waals surface area contributed by atoms with Crippen molar-refractivity contribution in [3.8, 4) is 0 Å². The van der Waals surface area contributed by atoms with Crippen LogP contribution in [0.2, 0.25) is 0 Å². The van der Waals surface area contributed by atoms with E-state index in [0.29, 0.717) is 23.3 Å². The highest BCUT2D eigenvalue weighted by atomic mass is 16.2. The van der Waals surface area contributed by atoms with Crippen LogP contribution >= 0.6 is 0 Å². The molecule has 0 saturated heterocycles. The third kappa shape index (κ3) is 3.35. The molecule has 4 heteroatoms. The normalized spacial score (nSPS) is 19.4. The lowest BCUT2D eigenvalue weighted by molar-refractivity contribution is 0.444. The minimum absolute atomic E-state index is 0.331. The van der Waals surface area contributed by atoms with Gasteiger partial charge >= 0.3 is 0 Å². The Kier molecular flexibility index (Phi) is 4.60. The number of hydrogen-bond acceptors (Lipinski definition) is 4. The summed E-state index contributed by atoms with van der Waals surface area (Å²) in [5, 5.41) is 6.50. The second-order valence-corrected chi connectivity index (χ2v) is 7.62. The molecule has 0 heterocycles. The smallest absolute Gasteiger partial charge is 0.253 e. The van der Waals surface area contributed by atoms with Crippen LogP contribution in [-0.2, 0) is 0 Å². The molecule has 132 valence electrons. The summed E-state index contributed by atoms with van der Waals surface area (Å²) >= 11 is 0. The van der Waals surface area contributed by atoms with Crippen LogP contribution in [0.15, 0.2) is 33.9 Å². The second kappa shape index (κ2) is 7.03. The zero-order valence-electron chi connectivity index (χ0n) is 14.6.